The summed E-state index contributed by atoms with van der Waals surface area (Å²) in [6.07, 6.45) is 0. The van der Waals surface area contributed by atoms with E-state index in [1.54, 1.807) is 12.1 Å². The molecule has 6 heteroatoms. The molecule has 0 spiro atoms. The third-order valence-corrected chi connectivity index (χ3v) is 5.50. The van der Waals surface area contributed by atoms with Crippen molar-refractivity contribution in [2.24, 2.45) is 0 Å². The Hall–Kier alpha value is -2.05. The van der Waals surface area contributed by atoms with E-state index in [0.29, 0.717) is 18.8 Å². The Morgan fingerprint density at radius 3 is 2.26 bits per heavy atom. The van der Waals surface area contributed by atoms with Crippen LogP contribution in [-0.4, -0.2) is 33.5 Å². The van der Waals surface area contributed by atoms with Crippen LogP contribution in [-0.2, 0) is 16.6 Å². The second-order valence-electron chi connectivity index (χ2n) is 4.93. The number of benzene rings is 2. The summed E-state index contributed by atoms with van der Waals surface area (Å²) < 4.78 is 37.7. The third-order valence-electron chi connectivity index (χ3n) is 3.54. The van der Waals surface area contributed by atoms with Gasteiger partial charge in [-0.15, -0.1) is 0 Å². The van der Waals surface area contributed by atoms with E-state index in [2.05, 4.69) is 0 Å². The third kappa shape index (κ3) is 3.83. The van der Waals surface area contributed by atoms with Crippen molar-refractivity contribution in [1.29, 1.82) is 0 Å². The monoisotopic (exact) mass is 335 g/mol. The maximum Gasteiger partial charge on any atom is 0.247 e. The largest absolute Gasteiger partial charge is 0.497 e. The number of sulfonamides is 1. The highest BCUT2D eigenvalue weighted by atomic mass is 32.2. The van der Waals surface area contributed by atoms with Crippen LogP contribution in [0.25, 0.3) is 0 Å². The summed E-state index contributed by atoms with van der Waals surface area (Å²) in [6.45, 7) is 2.50. The maximum atomic E-state index is 13.0. The summed E-state index contributed by atoms with van der Waals surface area (Å²) in [6, 6.07) is 14.2. The molecule has 2 aromatic carbocycles. The van der Waals surface area contributed by atoms with Crippen LogP contribution in [0.3, 0.4) is 0 Å². The van der Waals surface area contributed by atoms with Crippen molar-refractivity contribution in [3.05, 3.63) is 54.1 Å². The van der Waals surface area contributed by atoms with E-state index in [9.17, 15) is 8.42 Å². The first-order valence-corrected chi connectivity index (χ1v) is 8.73. The van der Waals surface area contributed by atoms with Gasteiger partial charge in [0.2, 0.25) is 10.0 Å². The van der Waals surface area contributed by atoms with Gasteiger partial charge in [-0.25, -0.2) is 8.42 Å². The van der Waals surface area contributed by atoms with Gasteiger partial charge in [0.05, 0.1) is 14.2 Å². The molecule has 5 nitrogen and oxygen atoms in total. The van der Waals surface area contributed by atoms with Crippen molar-refractivity contribution >= 4 is 10.0 Å². The Bertz CT molecular complexity index is 744. The molecule has 2 rings (SSSR count). The molecule has 0 aromatic heterocycles. The lowest BCUT2D eigenvalue weighted by atomic mass is 10.2. The van der Waals surface area contributed by atoms with Gasteiger partial charge in [-0.2, -0.15) is 4.31 Å². The standard InChI is InChI=1S/C17H21NO4S/c1-4-18(13-14-8-6-5-7-9-14)23(19,20)17-11-10-15(21-2)12-16(17)22-3/h5-12H,4,13H2,1-3H3. The minimum absolute atomic E-state index is 0.138. The number of hydrogen-bond donors (Lipinski definition) is 0. The highest BCUT2D eigenvalue weighted by molar-refractivity contribution is 7.89. The summed E-state index contributed by atoms with van der Waals surface area (Å²) in [5.74, 6) is 0.822. The lowest BCUT2D eigenvalue weighted by Gasteiger charge is -2.22. The Labute approximate surface area is 137 Å². The van der Waals surface area contributed by atoms with Crippen LogP contribution in [0.15, 0.2) is 53.4 Å². The molecule has 0 N–H and O–H groups in total. The first-order chi connectivity index (χ1) is 11.0. The number of hydrogen-bond acceptors (Lipinski definition) is 4. The smallest absolute Gasteiger partial charge is 0.247 e. The number of methoxy groups -OCH3 is 2. The molecule has 0 unspecified atom stereocenters. The van der Waals surface area contributed by atoms with E-state index in [1.807, 2.05) is 37.3 Å². The zero-order valence-electron chi connectivity index (χ0n) is 13.5. The topological polar surface area (TPSA) is 55.8 Å². The van der Waals surface area contributed by atoms with Gasteiger partial charge in [0.1, 0.15) is 16.4 Å². The molecule has 0 aliphatic carbocycles. The maximum absolute atomic E-state index is 13.0. The molecule has 0 amide bonds. The molecule has 2 aromatic rings. The van der Waals surface area contributed by atoms with Crippen molar-refractivity contribution in [1.82, 2.24) is 4.31 Å². The molecular weight excluding hydrogens is 314 g/mol. The summed E-state index contributed by atoms with van der Waals surface area (Å²) >= 11 is 0. The number of rotatable bonds is 7. The molecule has 0 aliphatic rings. The second-order valence-corrected chi connectivity index (χ2v) is 6.84. The SMILES string of the molecule is CCN(Cc1ccccc1)S(=O)(=O)c1ccc(OC)cc1OC. The Morgan fingerprint density at radius 2 is 1.70 bits per heavy atom. The van der Waals surface area contributed by atoms with E-state index in [4.69, 9.17) is 9.47 Å². The minimum Gasteiger partial charge on any atom is -0.497 e. The highest BCUT2D eigenvalue weighted by Crippen LogP contribution is 2.31. The van der Waals surface area contributed by atoms with E-state index in [1.165, 1.54) is 24.6 Å². The Balaban J connectivity index is 2.39. The molecule has 0 fully saturated rings. The molecule has 0 heterocycles. The summed E-state index contributed by atoms with van der Waals surface area (Å²) in [5, 5.41) is 0. The van der Waals surface area contributed by atoms with Gasteiger partial charge in [0, 0.05) is 19.2 Å². The predicted octanol–water partition coefficient (Wildman–Crippen LogP) is 2.91. The average molecular weight is 335 g/mol. The molecule has 0 bridgehead atoms. The van der Waals surface area contributed by atoms with E-state index in [-0.39, 0.29) is 10.6 Å². The number of ether oxygens (including phenoxy) is 2. The highest BCUT2D eigenvalue weighted by Gasteiger charge is 2.27. The lowest BCUT2D eigenvalue weighted by Crippen LogP contribution is -2.30. The van der Waals surface area contributed by atoms with Crippen LogP contribution in [0.4, 0.5) is 0 Å². The second kappa shape index (κ2) is 7.48. The quantitative estimate of drug-likeness (QED) is 0.781. The number of nitrogens with zero attached hydrogens (tertiary/aromatic N) is 1. The van der Waals surface area contributed by atoms with Crippen molar-refractivity contribution in [3.63, 3.8) is 0 Å². The molecule has 23 heavy (non-hydrogen) atoms. The van der Waals surface area contributed by atoms with Crippen LogP contribution < -0.4 is 9.47 Å². The summed E-state index contributed by atoms with van der Waals surface area (Å²) in [7, 11) is -0.694. The van der Waals surface area contributed by atoms with Crippen molar-refractivity contribution in [2.45, 2.75) is 18.4 Å². The fourth-order valence-corrected chi connectivity index (χ4v) is 3.85. The van der Waals surface area contributed by atoms with Gasteiger partial charge in [0.15, 0.2) is 0 Å². The van der Waals surface area contributed by atoms with Gasteiger partial charge in [-0.1, -0.05) is 37.3 Å². The van der Waals surface area contributed by atoms with Gasteiger partial charge < -0.3 is 9.47 Å². The molecule has 0 saturated heterocycles. The van der Waals surface area contributed by atoms with Crippen LogP contribution in [0.5, 0.6) is 11.5 Å². The lowest BCUT2D eigenvalue weighted by molar-refractivity contribution is 0.380. The average Bonchev–Trinajstić information content (AvgIpc) is 2.59. The summed E-state index contributed by atoms with van der Waals surface area (Å²) in [5.41, 5.74) is 0.936. The molecule has 124 valence electrons. The fraction of sp³-hybridized carbons (Fsp3) is 0.294. The van der Waals surface area contributed by atoms with Gasteiger partial charge in [0.25, 0.3) is 0 Å². The van der Waals surface area contributed by atoms with Gasteiger partial charge in [-0.05, 0) is 17.7 Å². The Kier molecular flexibility index (Phi) is 5.63. The van der Waals surface area contributed by atoms with Crippen LogP contribution >= 0.6 is 0 Å². The fourth-order valence-electron chi connectivity index (χ4n) is 2.28. The molecule has 0 saturated carbocycles. The molecule has 0 atom stereocenters. The van der Waals surface area contributed by atoms with Gasteiger partial charge in [-0.3, -0.25) is 0 Å². The molecule has 0 aliphatic heterocycles. The van der Waals surface area contributed by atoms with Crippen LogP contribution in [0.1, 0.15) is 12.5 Å². The zero-order chi connectivity index (χ0) is 16.9. The molecular formula is C17H21NO4S. The van der Waals surface area contributed by atoms with Gasteiger partial charge >= 0.3 is 0 Å². The van der Waals surface area contributed by atoms with E-state index < -0.39 is 10.0 Å². The predicted molar refractivity (Wildman–Crippen MR) is 89.3 cm³/mol. The minimum atomic E-state index is -3.66. The van der Waals surface area contributed by atoms with E-state index in [0.717, 1.165) is 5.56 Å². The van der Waals surface area contributed by atoms with Crippen molar-refractivity contribution in [3.8, 4) is 11.5 Å². The summed E-state index contributed by atoms with van der Waals surface area (Å²) in [4.78, 5) is 0.138. The van der Waals surface area contributed by atoms with Crippen LogP contribution in [0.2, 0.25) is 0 Å². The van der Waals surface area contributed by atoms with E-state index >= 15 is 0 Å². The first kappa shape index (κ1) is 17.3. The van der Waals surface area contributed by atoms with Crippen molar-refractivity contribution < 1.29 is 17.9 Å². The zero-order valence-corrected chi connectivity index (χ0v) is 14.3. The van der Waals surface area contributed by atoms with Crippen molar-refractivity contribution in [2.75, 3.05) is 20.8 Å². The Morgan fingerprint density at radius 1 is 1.00 bits per heavy atom. The normalized spacial score (nSPS) is 11.5. The first-order valence-electron chi connectivity index (χ1n) is 7.29. The molecule has 0 radical (unpaired) electrons. The van der Waals surface area contributed by atoms with Crippen LogP contribution in [0, 0.1) is 0 Å².